The quantitative estimate of drug-likeness (QED) is 0.317. The number of benzene rings is 1. The highest BCUT2D eigenvalue weighted by Crippen LogP contribution is 2.39. The lowest BCUT2D eigenvalue weighted by Gasteiger charge is -2.32. The second-order valence-corrected chi connectivity index (χ2v) is 7.11. The minimum atomic E-state index is -1.68. The summed E-state index contributed by atoms with van der Waals surface area (Å²) in [5.41, 5.74) is -4.63. The van der Waals surface area contributed by atoms with Crippen LogP contribution in [0, 0.1) is 17.5 Å². The lowest BCUT2D eigenvalue weighted by atomic mass is 9.86. The summed E-state index contributed by atoms with van der Waals surface area (Å²) < 4.78 is 66.4. The Hall–Kier alpha value is -1.19. The summed E-state index contributed by atoms with van der Waals surface area (Å²) in [6, 6.07) is 0. The largest absolute Gasteiger partial charge is 0.525 e. The molecule has 1 heterocycles. The highest BCUT2D eigenvalue weighted by molar-refractivity contribution is 9.10. The molecule has 0 aliphatic carbocycles. The molecule has 9 heteroatoms. The van der Waals surface area contributed by atoms with E-state index in [2.05, 4.69) is 15.9 Å². The molecule has 0 bridgehead atoms. The second kappa shape index (κ2) is 6.27. The smallest absolute Gasteiger partial charge is 0.398 e. The van der Waals surface area contributed by atoms with Crippen LogP contribution in [0.1, 0.15) is 43.6 Å². The van der Waals surface area contributed by atoms with Crippen molar-refractivity contribution >= 4 is 35.4 Å². The van der Waals surface area contributed by atoms with Crippen LogP contribution in [-0.4, -0.2) is 24.6 Å². The maximum Gasteiger partial charge on any atom is 0.525 e. The van der Waals surface area contributed by atoms with Crippen LogP contribution in [0.15, 0.2) is 10.2 Å². The Bertz CT molecular complexity index is 689. The van der Waals surface area contributed by atoms with Gasteiger partial charge in [-0.3, -0.25) is 4.79 Å². The molecule has 130 valence electrons. The first-order chi connectivity index (χ1) is 10.9. The first kappa shape index (κ1) is 19.1. The number of halogens is 5. The van der Waals surface area contributed by atoms with Crippen molar-refractivity contribution in [2.24, 2.45) is 0 Å². The first-order valence-corrected chi connectivity index (χ1v) is 7.76. The van der Waals surface area contributed by atoms with Gasteiger partial charge in [-0.05, 0) is 49.7 Å². The van der Waals surface area contributed by atoms with Crippen LogP contribution in [0.4, 0.5) is 17.6 Å². The van der Waals surface area contributed by atoms with Gasteiger partial charge >= 0.3 is 7.12 Å². The number of aldehydes is 1. The van der Waals surface area contributed by atoms with Gasteiger partial charge in [0.15, 0.2) is 17.9 Å². The minimum Gasteiger partial charge on any atom is -0.398 e. The van der Waals surface area contributed by atoms with Crippen LogP contribution in [0.5, 0.6) is 0 Å². The molecule has 1 fully saturated rings. The van der Waals surface area contributed by atoms with Crippen LogP contribution >= 0.6 is 15.9 Å². The normalized spacial score (nSPS) is 19.7. The summed E-state index contributed by atoms with van der Waals surface area (Å²) in [6.07, 6.45) is 0.416. The van der Waals surface area contributed by atoms with Crippen LogP contribution in [0.2, 0.25) is 0 Å². The van der Waals surface area contributed by atoms with Crippen LogP contribution in [0.25, 0.3) is 6.08 Å². The molecule has 1 aliphatic rings. The van der Waals surface area contributed by atoms with Gasteiger partial charge in [-0.2, -0.15) is 0 Å². The molecule has 1 saturated heterocycles. The molecule has 0 unspecified atom stereocenters. The SMILES string of the molecule is CC1(C)OB(C(F)=Cc2c(F)c(F)c(C=O)c(Br)c2F)OC1(C)C. The number of rotatable bonds is 3. The van der Waals surface area contributed by atoms with Crippen molar-refractivity contribution < 1.29 is 31.7 Å². The minimum absolute atomic E-state index is 0.0380. The van der Waals surface area contributed by atoms with E-state index in [0.29, 0.717) is 6.08 Å². The average Bonchev–Trinajstić information content (AvgIpc) is 2.70. The monoisotopic (exact) mass is 408 g/mol. The van der Waals surface area contributed by atoms with E-state index < -0.39 is 57.1 Å². The zero-order valence-corrected chi connectivity index (χ0v) is 14.9. The number of carbonyl (C=O) groups is 1. The zero-order valence-electron chi connectivity index (χ0n) is 13.3. The van der Waals surface area contributed by atoms with Gasteiger partial charge < -0.3 is 9.31 Å². The van der Waals surface area contributed by atoms with Crippen molar-refractivity contribution in [3.63, 3.8) is 0 Å². The van der Waals surface area contributed by atoms with E-state index in [-0.39, 0.29) is 6.29 Å². The van der Waals surface area contributed by atoms with Gasteiger partial charge in [0.1, 0.15) is 11.5 Å². The molecule has 0 N–H and O–H groups in total. The lowest BCUT2D eigenvalue weighted by Crippen LogP contribution is -2.41. The van der Waals surface area contributed by atoms with Crippen molar-refractivity contribution in [2.75, 3.05) is 0 Å². The Balaban J connectivity index is 2.48. The molecule has 1 aliphatic heterocycles. The molecular formula is C15H14BBrF4O3. The van der Waals surface area contributed by atoms with E-state index in [0.717, 1.165) is 0 Å². The Morgan fingerprint density at radius 3 is 1.92 bits per heavy atom. The number of carbonyl (C=O) groups excluding carboxylic acids is 1. The topological polar surface area (TPSA) is 35.5 Å². The summed E-state index contributed by atoms with van der Waals surface area (Å²) in [5.74, 6) is -4.56. The molecular weight excluding hydrogens is 395 g/mol. The second-order valence-electron chi connectivity index (χ2n) is 6.32. The highest BCUT2D eigenvalue weighted by Gasteiger charge is 2.53. The van der Waals surface area contributed by atoms with Gasteiger partial charge in [-0.15, -0.1) is 0 Å². The highest BCUT2D eigenvalue weighted by atomic mass is 79.9. The molecule has 0 saturated carbocycles. The van der Waals surface area contributed by atoms with Gasteiger partial charge in [-0.25, -0.2) is 17.6 Å². The van der Waals surface area contributed by atoms with Crippen molar-refractivity contribution in [3.05, 3.63) is 38.8 Å². The fourth-order valence-electron chi connectivity index (χ4n) is 2.06. The fourth-order valence-corrected chi connectivity index (χ4v) is 2.54. The Labute approximate surface area is 145 Å². The van der Waals surface area contributed by atoms with Crippen molar-refractivity contribution in [1.29, 1.82) is 0 Å². The molecule has 0 spiro atoms. The first-order valence-electron chi connectivity index (χ1n) is 6.96. The van der Waals surface area contributed by atoms with E-state index in [4.69, 9.17) is 9.31 Å². The van der Waals surface area contributed by atoms with Gasteiger partial charge in [0.25, 0.3) is 0 Å². The third-order valence-corrected chi connectivity index (χ3v) is 4.99. The van der Waals surface area contributed by atoms with Gasteiger partial charge in [0.2, 0.25) is 0 Å². The molecule has 1 aromatic carbocycles. The summed E-state index contributed by atoms with van der Waals surface area (Å²) in [5, 5.41) is 0. The van der Waals surface area contributed by atoms with Crippen LogP contribution < -0.4 is 0 Å². The van der Waals surface area contributed by atoms with E-state index in [1.165, 1.54) is 0 Å². The summed E-state index contributed by atoms with van der Waals surface area (Å²) >= 11 is 2.66. The van der Waals surface area contributed by atoms with E-state index >= 15 is 0 Å². The predicted octanol–water partition coefficient (Wildman–Crippen LogP) is 4.62. The molecule has 3 nitrogen and oxygen atoms in total. The molecule has 2 rings (SSSR count). The van der Waals surface area contributed by atoms with Crippen LogP contribution in [-0.2, 0) is 9.31 Å². The maximum atomic E-state index is 14.4. The summed E-state index contributed by atoms with van der Waals surface area (Å²) in [6.45, 7) is 6.71. The third-order valence-electron chi connectivity index (χ3n) is 4.21. The van der Waals surface area contributed by atoms with Gasteiger partial charge in [0, 0.05) is 0 Å². The number of hydrogen-bond donors (Lipinski definition) is 0. The average molecular weight is 409 g/mol. The Morgan fingerprint density at radius 1 is 1.00 bits per heavy atom. The standard InChI is InChI=1S/C15H14BBrF4O3/c1-14(2)15(3,4)24-16(23-14)9(18)5-7-11(19)10(17)8(6-22)13(21)12(7)20/h5-6H,1-4H3. The molecule has 24 heavy (non-hydrogen) atoms. The predicted molar refractivity (Wildman–Crippen MR) is 84.6 cm³/mol. The zero-order chi connectivity index (χ0) is 18.4. The fraction of sp³-hybridized carbons (Fsp3) is 0.400. The summed E-state index contributed by atoms with van der Waals surface area (Å²) in [4.78, 5) is 10.7. The van der Waals surface area contributed by atoms with Crippen molar-refractivity contribution in [2.45, 2.75) is 38.9 Å². The Morgan fingerprint density at radius 2 is 1.46 bits per heavy atom. The molecule has 0 atom stereocenters. The molecule has 0 aromatic heterocycles. The summed E-state index contributed by atoms with van der Waals surface area (Å²) in [7, 11) is -1.48. The number of hydrogen-bond acceptors (Lipinski definition) is 3. The van der Waals surface area contributed by atoms with Crippen molar-refractivity contribution in [3.8, 4) is 0 Å². The third kappa shape index (κ3) is 3.04. The maximum absolute atomic E-state index is 14.4. The lowest BCUT2D eigenvalue weighted by molar-refractivity contribution is 0.00578. The molecule has 0 radical (unpaired) electrons. The Kier molecular flexibility index (Phi) is 5.00. The van der Waals surface area contributed by atoms with E-state index in [9.17, 15) is 22.4 Å². The van der Waals surface area contributed by atoms with Crippen LogP contribution in [0.3, 0.4) is 0 Å². The molecule has 0 amide bonds. The van der Waals surface area contributed by atoms with Gasteiger partial charge in [0.05, 0.1) is 26.8 Å². The van der Waals surface area contributed by atoms with Gasteiger partial charge in [-0.1, -0.05) is 0 Å². The molecule has 1 aromatic rings. The van der Waals surface area contributed by atoms with E-state index in [1.54, 1.807) is 27.7 Å². The van der Waals surface area contributed by atoms with Crippen molar-refractivity contribution in [1.82, 2.24) is 0 Å². The van der Waals surface area contributed by atoms with E-state index in [1.807, 2.05) is 0 Å².